The lowest BCUT2D eigenvalue weighted by Crippen LogP contribution is -2.30. The average Bonchev–Trinajstić information content (AvgIpc) is 3.43. The van der Waals surface area contributed by atoms with E-state index in [1.807, 2.05) is 18.3 Å². The summed E-state index contributed by atoms with van der Waals surface area (Å²) in [6.45, 7) is 1.05. The first-order valence-electron chi connectivity index (χ1n) is 10.3. The van der Waals surface area contributed by atoms with Gasteiger partial charge in [-0.15, -0.1) is 0 Å². The molecule has 9 nitrogen and oxygen atoms in total. The molecular formula is C22H23N7O2. The number of nitrogens with two attached hydrogens (primary N) is 1. The molecule has 3 aromatic heterocycles. The van der Waals surface area contributed by atoms with Gasteiger partial charge in [0.2, 0.25) is 0 Å². The maximum absolute atomic E-state index is 12.4. The Morgan fingerprint density at radius 2 is 2.06 bits per heavy atom. The fraction of sp³-hybridized carbons (Fsp3) is 0.273. The molecule has 158 valence electrons. The summed E-state index contributed by atoms with van der Waals surface area (Å²) in [7, 11) is 2.14. The minimum Gasteiger partial charge on any atom is -0.382 e. The van der Waals surface area contributed by atoms with Gasteiger partial charge in [0.25, 0.3) is 5.91 Å². The molecule has 5 rings (SSSR count). The van der Waals surface area contributed by atoms with E-state index >= 15 is 0 Å². The van der Waals surface area contributed by atoms with Crippen molar-refractivity contribution in [3.8, 4) is 11.3 Å². The first-order valence-corrected chi connectivity index (χ1v) is 10.3. The second-order valence-electron chi connectivity index (χ2n) is 7.76. The maximum Gasteiger partial charge on any atom is 0.256 e. The molecule has 3 N–H and O–H groups in total. The third-order valence-corrected chi connectivity index (χ3v) is 5.78. The van der Waals surface area contributed by atoms with Crippen molar-refractivity contribution in [2.75, 3.05) is 24.6 Å². The number of hydrogen-bond acceptors (Lipinski definition) is 7. The van der Waals surface area contributed by atoms with Gasteiger partial charge in [-0.25, -0.2) is 9.97 Å². The second-order valence-corrected chi connectivity index (χ2v) is 7.76. The Morgan fingerprint density at radius 3 is 2.81 bits per heavy atom. The number of aromatic nitrogens is 4. The van der Waals surface area contributed by atoms with Gasteiger partial charge in [0, 0.05) is 29.6 Å². The van der Waals surface area contributed by atoms with E-state index in [1.54, 1.807) is 24.4 Å². The van der Waals surface area contributed by atoms with Crippen LogP contribution in [0.25, 0.3) is 16.8 Å². The van der Waals surface area contributed by atoms with Gasteiger partial charge in [-0.3, -0.25) is 14.1 Å². The number of amides is 1. The fourth-order valence-electron chi connectivity index (χ4n) is 4.17. The Bertz CT molecular complexity index is 1210. The summed E-state index contributed by atoms with van der Waals surface area (Å²) in [4.78, 5) is 24.1. The fourth-order valence-corrected chi connectivity index (χ4v) is 4.17. The molecule has 31 heavy (non-hydrogen) atoms. The third-order valence-electron chi connectivity index (χ3n) is 5.78. The summed E-state index contributed by atoms with van der Waals surface area (Å²) in [6.07, 6.45) is 8.46. The zero-order valence-corrected chi connectivity index (χ0v) is 17.2. The van der Waals surface area contributed by atoms with Crippen molar-refractivity contribution in [2.45, 2.75) is 25.3 Å². The molecular weight excluding hydrogens is 394 g/mol. The van der Waals surface area contributed by atoms with Gasteiger partial charge in [0.1, 0.15) is 29.1 Å². The van der Waals surface area contributed by atoms with Gasteiger partial charge in [-0.05, 0) is 38.6 Å². The van der Waals surface area contributed by atoms with E-state index in [0.717, 1.165) is 35.6 Å². The number of rotatable bonds is 4. The van der Waals surface area contributed by atoms with Crippen molar-refractivity contribution in [1.82, 2.24) is 24.4 Å². The molecule has 9 heteroatoms. The smallest absolute Gasteiger partial charge is 0.256 e. The second kappa shape index (κ2) is 7.84. The minimum atomic E-state index is -0.263. The summed E-state index contributed by atoms with van der Waals surface area (Å²) in [5, 5.41) is 6.39. The van der Waals surface area contributed by atoms with E-state index in [4.69, 9.17) is 15.2 Å². The van der Waals surface area contributed by atoms with Crippen LogP contribution in [-0.4, -0.2) is 43.9 Å². The van der Waals surface area contributed by atoms with E-state index < -0.39 is 0 Å². The number of hydrogen-bond donors (Lipinski definition) is 2. The van der Waals surface area contributed by atoms with Crippen LogP contribution in [-0.2, 0) is 0 Å². The zero-order chi connectivity index (χ0) is 21.4. The van der Waals surface area contributed by atoms with Crippen LogP contribution in [0.5, 0.6) is 0 Å². The van der Waals surface area contributed by atoms with Gasteiger partial charge >= 0.3 is 0 Å². The SMILES string of the molecule is CN1CCCC[C@H]1c1nc(-c2ccc(C(=O)Nc3ccon3)cc2)c2c(N)nccn12. The van der Waals surface area contributed by atoms with Crippen LogP contribution in [0.1, 0.15) is 41.5 Å². The molecule has 1 amide bonds. The van der Waals surface area contributed by atoms with Crippen LogP contribution in [0.3, 0.4) is 0 Å². The Labute approximate surface area is 178 Å². The molecule has 1 aliphatic heterocycles. The number of imidazole rings is 1. The van der Waals surface area contributed by atoms with Gasteiger partial charge in [0.15, 0.2) is 5.82 Å². The van der Waals surface area contributed by atoms with Gasteiger partial charge in [0.05, 0.1) is 6.04 Å². The van der Waals surface area contributed by atoms with Crippen molar-refractivity contribution in [3.63, 3.8) is 0 Å². The van der Waals surface area contributed by atoms with Crippen LogP contribution >= 0.6 is 0 Å². The molecule has 0 saturated carbocycles. The third kappa shape index (κ3) is 3.53. The van der Waals surface area contributed by atoms with Crippen molar-refractivity contribution < 1.29 is 9.32 Å². The number of carbonyl (C=O) groups excluding carboxylic acids is 1. The van der Waals surface area contributed by atoms with Crippen molar-refractivity contribution in [3.05, 3.63) is 60.4 Å². The highest BCUT2D eigenvalue weighted by Gasteiger charge is 2.27. The summed E-state index contributed by atoms with van der Waals surface area (Å²) in [6, 6.07) is 9.08. The number of carbonyl (C=O) groups is 1. The highest BCUT2D eigenvalue weighted by molar-refractivity contribution is 6.04. The summed E-state index contributed by atoms with van der Waals surface area (Å²) < 4.78 is 6.79. The largest absolute Gasteiger partial charge is 0.382 e. The first-order chi connectivity index (χ1) is 15.1. The number of piperidine rings is 1. The van der Waals surface area contributed by atoms with Crippen molar-refractivity contribution in [2.24, 2.45) is 0 Å². The maximum atomic E-state index is 12.4. The highest BCUT2D eigenvalue weighted by Crippen LogP contribution is 2.35. The van der Waals surface area contributed by atoms with Crippen LogP contribution in [0, 0.1) is 0 Å². The highest BCUT2D eigenvalue weighted by atomic mass is 16.5. The number of nitrogens with one attached hydrogen (secondary N) is 1. The molecule has 0 bridgehead atoms. The Morgan fingerprint density at radius 1 is 1.23 bits per heavy atom. The first kappa shape index (κ1) is 19.3. The Hall–Kier alpha value is -3.72. The topological polar surface area (TPSA) is 115 Å². The molecule has 0 spiro atoms. The van der Waals surface area contributed by atoms with E-state index in [9.17, 15) is 4.79 Å². The molecule has 0 aliphatic carbocycles. The van der Waals surface area contributed by atoms with E-state index in [-0.39, 0.29) is 11.9 Å². The predicted octanol–water partition coefficient (Wildman–Crippen LogP) is 3.38. The number of nitrogens with zero attached hydrogens (tertiary/aromatic N) is 5. The lowest BCUT2D eigenvalue weighted by atomic mass is 10.0. The van der Waals surface area contributed by atoms with E-state index in [0.29, 0.717) is 17.2 Å². The number of anilines is 2. The Kier molecular flexibility index (Phi) is 4.87. The summed E-state index contributed by atoms with van der Waals surface area (Å²) in [5.41, 5.74) is 9.20. The molecule has 1 atom stereocenters. The summed E-state index contributed by atoms with van der Waals surface area (Å²) >= 11 is 0. The van der Waals surface area contributed by atoms with E-state index in [2.05, 4.69) is 31.8 Å². The number of fused-ring (bicyclic) bond motifs is 1. The molecule has 4 heterocycles. The molecule has 1 saturated heterocycles. The van der Waals surface area contributed by atoms with Crippen LogP contribution in [0.2, 0.25) is 0 Å². The Balaban J connectivity index is 1.52. The van der Waals surface area contributed by atoms with E-state index in [1.165, 1.54) is 19.1 Å². The normalized spacial score (nSPS) is 17.1. The number of nitrogen functional groups attached to an aromatic ring is 1. The van der Waals surface area contributed by atoms with Crippen molar-refractivity contribution in [1.29, 1.82) is 0 Å². The minimum absolute atomic E-state index is 0.226. The monoisotopic (exact) mass is 417 g/mol. The quantitative estimate of drug-likeness (QED) is 0.523. The average molecular weight is 417 g/mol. The van der Waals surface area contributed by atoms with Crippen LogP contribution < -0.4 is 11.1 Å². The lowest BCUT2D eigenvalue weighted by Gasteiger charge is -2.31. The predicted molar refractivity (Wildman–Crippen MR) is 117 cm³/mol. The van der Waals surface area contributed by atoms with Crippen LogP contribution in [0.15, 0.2) is 53.5 Å². The zero-order valence-electron chi connectivity index (χ0n) is 17.2. The molecule has 4 aromatic rings. The number of likely N-dealkylation sites (tertiary alicyclic amines) is 1. The molecule has 1 aliphatic rings. The molecule has 1 fully saturated rings. The van der Waals surface area contributed by atoms with Crippen molar-refractivity contribution >= 4 is 23.1 Å². The van der Waals surface area contributed by atoms with Crippen LogP contribution in [0.4, 0.5) is 11.6 Å². The number of benzene rings is 1. The summed E-state index contributed by atoms with van der Waals surface area (Å²) in [5.74, 6) is 1.51. The standard InChI is InChI=1S/C22H23N7O2/c1-28-11-3-2-4-16(28)21-26-18(19-20(23)24-10-12-29(19)21)14-5-7-15(8-6-14)22(30)25-17-9-13-31-27-17/h5-10,12-13,16H,2-4,11H2,1H3,(H2,23,24)(H,25,27,30)/t16-/m0/s1. The van der Waals surface area contributed by atoms with Gasteiger partial charge < -0.3 is 15.6 Å². The lowest BCUT2D eigenvalue weighted by molar-refractivity contribution is 0.102. The molecule has 0 radical (unpaired) electrons. The van der Waals surface area contributed by atoms with Gasteiger partial charge in [-0.1, -0.05) is 23.7 Å². The van der Waals surface area contributed by atoms with Gasteiger partial charge in [-0.2, -0.15) is 0 Å². The molecule has 1 aromatic carbocycles. The molecule has 0 unspecified atom stereocenters.